The molecule has 0 heterocycles. The van der Waals surface area contributed by atoms with Crippen molar-refractivity contribution < 1.29 is 4.39 Å². The number of rotatable bonds is 4. The van der Waals surface area contributed by atoms with Gasteiger partial charge in [0.15, 0.2) is 0 Å². The lowest BCUT2D eigenvalue weighted by Crippen LogP contribution is -2.28. The summed E-state index contributed by atoms with van der Waals surface area (Å²) in [6, 6.07) is 14.5. The Bertz CT molecular complexity index is 470. The highest BCUT2D eigenvalue weighted by molar-refractivity contribution is 5.47. The van der Waals surface area contributed by atoms with Crippen LogP contribution in [-0.2, 0) is 0 Å². The van der Waals surface area contributed by atoms with Gasteiger partial charge >= 0.3 is 0 Å². The van der Waals surface area contributed by atoms with Gasteiger partial charge in [-0.1, -0.05) is 29.8 Å². The fraction of sp³-hybridized carbons (Fsp3) is 0.250. The minimum Gasteiger partial charge on any atom is -0.373 e. The lowest BCUT2D eigenvalue weighted by Gasteiger charge is -2.23. The molecule has 19 heavy (non-hydrogen) atoms. The number of anilines is 1. The van der Waals surface area contributed by atoms with Crippen LogP contribution in [-0.4, -0.2) is 13.6 Å². The highest BCUT2D eigenvalue weighted by atomic mass is 19.1. The van der Waals surface area contributed by atoms with E-state index in [0.29, 0.717) is 6.54 Å². The SMILES string of the molecule is Cc1ccc(N(C)CC(N)c2ccc(F)cc2)cc1. The van der Waals surface area contributed by atoms with Crippen LogP contribution in [0.4, 0.5) is 10.1 Å². The molecule has 100 valence electrons. The van der Waals surface area contributed by atoms with Gasteiger partial charge in [0, 0.05) is 25.3 Å². The minimum absolute atomic E-state index is 0.132. The van der Waals surface area contributed by atoms with Crippen molar-refractivity contribution in [1.82, 2.24) is 0 Å². The quantitative estimate of drug-likeness (QED) is 0.912. The molecular weight excluding hydrogens is 239 g/mol. The second-order valence-corrected chi connectivity index (χ2v) is 4.87. The number of halogens is 1. The highest BCUT2D eigenvalue weighted by Crippen LogP contribution is 2.18. The standard InChI is InChI=1S/C16H19FN2/c1-12-3-9-15(10-4-12)19(2)11-16(18)13-5-7-14(17)8-6-13/h3-10,16H,11,18H2,1-2H3. The minimum atomic E-state index is -0.233. The molecule has 0 aliphatic carbocycles. The summed E-state index contributed by atoms with van der Waals surface area (Å²) in [7, 11) is 2.01. The lowest BCUT2D eigenvalue weighted by atomic mass is 10.1. The van der Waals surface area contributed by atoms with Gasteiger partial charge in [-0.2, -0.15) is 0 Å². The molecule has 0 aliphatic heterocycles. The molecule has 0 aliphatic rings. The first-order valence-corrected chi connectivity index (χ1v) is 6.35. The van der Waals surface area contributed by atoms with Gasteiger partial charge < -0.3 is 10.6 Å². The van der Waals surface area contributed by atoms with E-state index in [1.54, 1.807) is 12.1 Å². The highest BCUT2D eigenvalue weighted by Gasteiger charge is 2.10. The topological polar surface area (TPSA) is 29.3 Å². The zero-order chi connectivity index (χ0) is 13.8. The summed E-state index contributed by atoms with van der Waals surface area (Å²) in [6.45, 7) is 2.75. The predicted molar refractivity (Wildman–Crippen MR) is 77.8 cm³/mol. The van der Waals surface area contributed by atoms with Crippen LogP contribution in [0.25, 0.3) is 0 Å². The number of benzene rings is 2. The third-order valence-electron chi connectivity index (χ3n) is 3.24. The molecular formula is C16H19FN2. The van der Waals surface area contributed by atoms with E-state index in [0.717, 1.165) is 11.3 Å². The number of nitrogens with zero attached hydrogens (tertiary/aromatic N) is 1. The molecule has 2 N–H and O–H groups in total. The predicted octanol–water partition coefficient (Wildman–Crippen LogP) is 3.27. The Morgan fingerprint density at radius 1 is 1.05 bits per heavy atom. The molecule has 2 aromatic rings. The number of aryl methyl sites for hydroxylation is 1. The molecule has 0 saturated carbocycles. The van der Waals surface area contributed by atoms with Crippen LogP contribution < -0.4 is 10.6 Å². The van der Waals surface area contributed by atoms with E-state index >= 15 is 0 Å². The normalized spacial score (nSPS) is 12.2. The molecule has 2 rings (SSSR count). The van der Waals surface area contributed by atoms with E-state index in [4.69, 9.17) is 5.73 Å². The molecule has 0 saturated heterocycles. The van der Waals surface area contributed by atoms with Crippen molar-refractivity contribution in [2.24, 2.45) is 5.73 Å². The maximum Gasteiger partial charge on any atom is 0.123 e. The number of nitrogens with two attached hydrogens (primary N) is 1. The van der Waals surface area contributed by atoms with Crippen molar-refractivity contribution in [3.8, 4) is 0 Å². The van der Waals surface area contributed by atoms with E-state index in [9.17, 15) is 4.39 Å². The molecule has 2 nitrogen and oxygen atoms in total. The summed E-state index contributed by atoms with van der Waals surface area (Å²) >= 11 is 0. The Morgan fingerprint density at radius 2 is 1.63 bits per heavy atom. The van der Waals surface area contributed by atoms with Gasteiger partial charge in [-0.05, 0) is 36.8 Å². The van der Waals surface area contributed by atoms with Crippen molar-refractivity contribution in [2.75, 3.05) is 18.5 Å². The van der Waals surface area contributed by atoms with Gasteiger partial charge in [-0.25, -0.2) is 4.39 Å². The smallest absolute Gasteiger partial charge is 0.123 e. The molecule has 0 amide bonds. The third kappa shape index (κ3) is 3.55. The third-order valence-corrected chi connectivity index (χ3v) is 3.24. The Kier molecular flexibility index (Phi) is 4.17. The largest absolute Gasteiger partial charge is 0.373 e. The zero-order valence-electron chi connectivity index (χ0n) is 11.3. The van der Waals surface area contributed by atoms with Crippen molar-refractivity contribution in [3.63, 3.8) is 0 Å². The molecule has 0 bridgehead atoms. The Morgan fingerprint density at radius 3 is 2.21 bits per heavy atom. The zero-order valence-corrected chi connectivity index (χ0v) is 11.3. The summed E-state index contributed by atoms with van der Waals surface area (Å²) in [4.78, 5) is 2.10. The van der Waals surface area contributed by atoms with Crippen molar-refractivity contribution in [3.05, 3.63) is 65.5 Å². The molecule has 0 aromatic heterocycles. The van der Waals surface area contributed by atoms with Crippen LogP contribution in [0, 0.1) is 12.7 Å². The van der Waals surface area contributed by atoms with Gasteiger partial charge in [0.25, 0.3) is 0 Å². The molecule has 1 unspecified atom stereocenters. The Labute approximate surface area is 113 Å². The molecule has 0 fully saturated rings. The van der Waals surface area contributed by atoms with Crippen LogP contribution in [0.2, 0.25) is 0 Å². The second-order valence-electron chi connectivity index (χ2n) is 4.87. The van der Waals surface area contributed by atoms with Crippen LogP contribution in [0.15, 0.2) is 48.5 Å². The van der Waals surface area contributed by atoms with E-state index in [2.05, 4.69) is 36.1 Å². The van der Waals surface area contributed by atoms with Gasteiger partial charge in [-0.3, -0.25) is 0 Å². The van der Waals surface area contributed by atoms with Gasteiger partial charge in [0.1, 0.15) is 5.82 Å². The van der Waals surface area contributed by atoms with E-state index in [1.165, 1.54) is 17.7 Å². The molecule has 1 atom stereocenters. The first-order chi connectivity index (χ1) is 9.06. The molecule has 3 heteroatoms. The number of hydrogen-bond donors (Lipinski definition) is 1. The average molecular weight is 258 g/mol. The van der Waals surface area contributed by atoms with E-state index in [1.807, 2.05) is 7.05 Å². The summed E-state index contributed by atoms with van der Waals surface area (Å²) in [5.74, 6) is -0.233. The summed E-state index contributed by atoms with van der Waals surface area (Å²) < 4.78 is 12.9. The van der Waals surface area contributed by atoms with Crippen LogP contribution in [0.3, 0.4) is 0 Å². The van der Waals surface area contributed by atoms with Crippen LogP contribution >= 0.6 is 0 Å². The van der Waals surface area contributed by atoms with E-state index < -0.39 is 0 Å². The second kappa shape index (κ2) is 5.85. The van der Waals surface area contributed by atoms with E-state index in [-0.39, 0.29) is 11.9 Å². The Hall–Kier alpha value is -1.87. The lowest BCUT2D eigenvalue weighted by molar-refractivity contribution is 0.624. The fourth-order valence-electron chi connectivity index (χ4n) is 2.02. The molecule has 2 aromatic carbocycles. The summed E-state index contributed by atoms with van der Waals surface area (Å²) in [5, 5.41) is 0. The monoisotopic (exact) mass is 258 g/mol. The Balaban J connectivity index is 2.03. The average Bonchev–Trinajstić information content (AvgIpc) is 2.40. The van der Waals surface area contributed by atoms with Gasteiger partial charge in [-0.15, -0.1) is 0 Å². The van der Waals surface area contributed by atoms with Gasteiger partial charge in [0.2, 0.25) is 0 Å². The first-order valence-electron chi connectivity index (χ1n) is 6.35. The first kappa shape index (κ1) is 13.6. The molecule has 0 spiro atoms. The number of hydrogen-bond acceptors (Lipinski definition) is 2. The molecule has 0 radical (unpaired) electrons. The number of likely N-dealkylation sites (N-methyl/N-ethyl adjacent to an activating group) is 1. The summed E-state index contributed by atoms with van der Waals surface area (Å²) in [6.07, 6.45) is 0. The van der Waals surface area contributed by atoms with Crippen molar-refractivity contribution in [2.45, 2.75) is 13.0 Å². The fourth-order valence-corrected chi connectivity index (χ4v) is 2.02. The van der Waals surface area contributed by atoms with Crippen molar-refractivity contribution >= 4 is 5.69 Å². The maximum absolute atomic E-state index is 12.9. The van der Waals surface area contributed by atoms with Crippen molar-refractivity contribution in [1.29, 1.82) is 0 Å². The summed E-state index contributed by atoms with van der Waals surface area (Å²) in [5.41, 5.74) is 9.46. The van der Waals surface area contributed by atoms with Gasteiger partial charge in [0.05, 0.1) is 0 Å². The van der Waals surface area contributed by atoms with Crippen LogP contribution in [0.1, 0.15) is 17.2 Å². The maximum atomic E-state index is 12.9. The van der Waals surface area contributed by atoms with Crippen LogP contribution in [0.5, 0.6) is 0 Å².